The van der Waals surface area contributed by atoms with Crippen LogP contribution in [0.15, 0.2) is 53.0 Å². The van der Waals surface area contributed by atoms with Gasteiger partial charge >= 0.3 is 0 Å². The van der Waals surface area contributed by atoms with Crippen molar-refractivity contribution in [3.05, 3.63) is 64.1 Å². The summed E-state index contributed by atoms with van der Waals surface area (Å²) < 4.78 is 0.760. The summed E-state index contributed by atoms with van der Waals surface area (Å²) in [4.78, 5) is 28.1. The van der Waals surface area contributed by atoms with Gasteiger partial charge in [-0.2, -0.15) is 0 Å². The van der Waals surface area contributed by atoms with Crippen molar-refractivity contribution in [3.8, 4) is 0 Å². The Balaban J connectivity index is 1.62. The van der Waals surface area contributed by atoms with Gasteiger partial charge in [-0.15, -0.1) is 0 Å². The monoisotopic (exact) mass is 471 g/mol. The first-order valence-corrected chi connectivity index (χ1v) is 11.0. The van der Waals surface area contributed by atoms with Crippen LogP contribution in [0.1, 0.15) is 31.4 Å². The third-order valence-corrected chi connectivity index (χ3v) is 6.67. The number of nitrogens with zero attached hydrogens (tertiary/aromatic N) is 1. The van der Waals surface area contributed by atoms with Crippen LogP contribution >= 0.6 is 15.9 Å². The van der Waals surface area contributed by atoms with E-state index in [9.17, 15) is 14.7 Å². The molecule has 3 unspecified atom stereocenters. The molecule has 30 heavy (non-hydrogen) atoms. The second-order valence-electron chi connectivity index (χ2n) is 8.25. The van der Waals surface area contributed by atoms with Crippen molar-refractivity contribution in [3.63, 3.8) is 0 Å². The highest BCUT2D eigenvalue weighted by molar-refractivity contribution is 9.10. The minimum absolute atomic E-state index is 0.0660. The van der Waals surface area contributed by atoms with E-state index >= 15 is 0 Å². The number of ketones is 1. The van der Waals surface area contributed by atoms with Crippen LogP contribution in [0.3, 0.4) is 0 Å². The predicted molar refractivity (Wildman–Crippen MR) is 119 cm³/mol. The SMILES string of the molecule is CC1NNC(C)C1C(=O)CC1(O)C(=O)N(CCc2ccccc2)c2ccc(Br)cc21. The van der Waals surface area contributed by atoms with Crippen LogP contribution in [-0.4, -0.2) is 35.4 Å². The Hall–Kier alpha value is -2.06. The van der Waals surface area contributed by atoms with E-state index in [0.29, 0.717) is 24.2 Å². The lowest BCUT2D eigenvalue weighted by molar-refractivity contribution is -0.143. The van der Waals surface area contributed by atoms with E-state index < -0.39 is 11.5 Å². The molecule has 6 nitrogen and oxygen atoms in total. The Kier molecular flexibility index (Phi) is 5.81. The minimum atomic E-state index is -1.85. The zero-order valence-electron chi connectivity index (χ0n) is 17.1. The number of amides is 1. The summed E-state index contributed by atoms with van der Waals surface area (Å²) in [6.45, 7) is 4.29. The number of rotatable bonds is 6. The van der Waals surface area contributed by atoms with Crippen LogP contribution in [-0.2, 0) is 21.6 Å². The van der Waals surface area contributed by atoms with Gasteiger partial charge in [0.2, 0.25) is 0 Å². The number of benzene rings is 2. The van der Waals surface area contributed by atoms with Crippen molar-refractivity contribution in [1.29, 1.82) is 0 Å². The highest BCUT2D eigenvalue weighted by atomic mass is 79.9. The molecule has 0 bridgehead atoms. The molecule has 3 N–H and O–H groups in total. The van der Waals surface area contributed by atoms with Crippen molar-refractivity contribution < 1.29 is 14.7 Å². The molecule has 0 aromatic heterocycles. The number of Topliss-reactive ketones (excluding diaryl/α,β-unsaturated/α-hetero) is 1. The largest absolute Gasteiger partial charge is 0.375 e. The number of halogens is 1. The first-order valence-electron chi connectivity index (χ1n) is 10.2. The van der Waals surface area contributed by atoms with Crippen LogP contribution in [0.4, 0.5) is 5.69 Å². The molecule has 7 heteroatoms. The number of carbonyl (C=O) groups excluding carboxylic acids is 2. The Morgan fingerprint density at radius 1 is 1.13 bits per heavy atom. The topological polar surface area (TPSA) is 81.7 Å². The number of hydrogen-bond acceptors (Lipinski definition) is 5. The molecule has 2 aromatic rings. The third kappa shape index (κ3) is 3.71. The van der Waals surface area contributed by atoms with Gasteiger partial charge in [-0.25, -0.2) is 0 Å². The molecule has 158 valence electrons. The van der Waals surface area contributed by atoms with E-state index in [2.05, 4.69) is 26.8 Å². The number of carbonyl (C=O) groups is 2. The molecule has 0 saturated carbocycles. The van der Waals surface area contributed by atoms with Gasteiger partial charge in [0, 0.05) is 35.1 Å². The summed E-state index contributed by atoms with van der Waals surface area (Å²) in [6, 6.07) is 15.2. The average Bonchev–Trinajstić information content (AvgIpc) is 3.16. The van der Waals surface area contributed by atoms with E-state index in [0.717, 1.165) is 10.0 Å². The highest BCUT2D eigenvalue weighted by Gasteiger charge is 2.52. The van der Waals surface area contributed by atoms with E-state index in [1.165, 1.54) is 0 Å². The molecule has 0 radical (unpaired) electrons. The van der Waals surface area contributed by atoms with Gasteiger partial charge < -0.3 is 10.0 Å². The number of aliphatic hydroxyl groups is 1. The van der Waals surface area contributed by atoms with Crippen molar-refractivity contribution in [2.45, 2.75) is 44.4 Å². The normalized spacial score (nSPS) is 28.1. The molecule has 0 aliphatic carbocycles. The van der Waals surface area contributed by atoms with Gasteiger partial charge in [-0.1, -0.05) is 46.3 Å². The lowest BCUT2D eigenvalue weighted by atomic mass is 9.82. The average molecular weight is 472 g/mol. The van der Waals surface area contributed by atoms with Crippen molar-refractivity contribution >= 4 is 33.3 Å². The Bertz CT molecular complexity index is 957. The summed E-state index contributed by atoms with van der Waals surface area (Å²) in [7, 11) is 0. The Morgan fingerprint density at radius 3 is 2.47 bits per heavy atom. The molecule has 1 amide bonds. The van der Waals surface area contributed by atoms with E-state index in [1.54, 1.807) is 11.0 Å². The lowest BCUT2D eigenvalue weighted by Crippen LogP contribution is -2.45. The number of hydrazine groups is 1. The molecule has 1 saturated heterocycles. The summed E-state index contributed by atoms with van der Waals surface area (Å²) in [5, 5.41) is 11.5. The van der Waals surface area contributed by atoms with Crippen LogP contribution in [0.2, 0.25) is 0 Å². The molecular weight excluding hydrogens is 446 g/mol. The highest BCUT2D eigenvalue weighted by Crippen LogP contribution is 2.44. The maximum atomic E-state index is 13.4. The molecular formula is C23H26BrN3O3. The van der Waals surface area contributed by atoms with Gasteiger partial charge in [-0.05, 0) is 44.0 Å². The summed E-state index contributed by atoms with van der Waals surface area (Å²) in [5.41, 5.74) is 6.55. The van der Waals surface area contributed by atoms with Crippen LogP contribution in [0.5, 0.6) is 0 Å². The second kappa shape index (κ2) is 8.23. The van der Waals surface area contributed by atoms with Gasteiger partial charge in [0.15, 0.2) is 5.60 Å². The maximum absolute atomic E-state index is 13.4. The fourth-order valence-electron chi connectivity index (χ4n) is 4.60. The van der Waals surface area contributed by atoms with Gasteiger partial charge in [0.1, 0.15) is 5.78 Å². The molecule has 2 heterocycles. The van der Waals surface area contributed by atoms with Crippen molar-refractivity contribution in [1.82, 2.24) is 10.9 Å². The fourth-order valence-corrected chi connectivity index (χ4v) is 4.97. The summed E-state index contributed by atoms with van der Waals surface area (Å²) in [6.07, 6.45) is 0.427. The zero-order chi connectivity index (χ0) is 21.5. The number of hydrogen-bond donors (Lipinski definition) is 3. The predicted octanol–water partition coefficient (Wildman–Crippen LogP) is 2.69. The molecule has 4 rings (SSSR count). The number of fused-ring (bicyclic) bond motifs is 1. The zero-order valence-corrected chi connectivity index (χ0v) is 18.6. The number of nitrogens with one attached hydrogen (secondary N) is 2. The summed E-state index contributed by atoms with van der Waals surface area (Å²) in [5.74, 6) is -0.867. The molecule has 2 aliphatic rings. The standard InChI is InChI=1S/C23H26BrN3O3/c1-14-21(15(2)26-25-14)20(28)13-23(30)18-12-17(24)8-9-19(18)27(22(23)29)11-10-16-6-4-3-5-7-16/h3-9,12,14-15,21,25-26,30H,10-11,13H2,1-2H3. The fraction of sp³-hybridized carbons (Fsp3) is 0.391. The van der Waals surface area contributed by atoms with Crippen molar-refractivity contribution in [2.24, 2.45) is 5.92 Å². The van der Waals surface area contributed by atoms with E-state index in [4.69, 9.17) is 0 Å². The molecule has 2 aliphatic heterocycles. The minimum Gasteiger partial charge on any atom is -0.375 e. The smallest absolute Gasteiger partial charge is 0.264 e. The second-order valence-corrected chi connectivity index (χ2v) is 9.16. The third-order valence-electron chi connectivity index (χ3n) is 6.18. The number of anilines is 1. The van der Waals surface area contributed by atoms with Crippen LogP contribution in [0, 0.1) is 5.92 Å². The molecule has 2 aromatic carbocycles. The Morgan fingerprint density at radius 2 is 1.80 bits per heavy atom. The quantitative estimate of drug-likeness (QED) is 0.603. The van der Waals surface area contributed by atoms with E-state index in [-0.39, 0.29) is 30.2 Å². The molecule has 0 spiro atoms. The summed E-state index contributed by atoms with van der Waals surface area (Å²) >= 11 is 3.44. The first kappa shape index (κ1) is 21.2. The molecule has 1 fully saturated rings. The maximum Gasteiger partial charge on any atom is 0.264 e. The van der Waals surface area contributed by atoms with Crippen LogP contribution < -0.4 is 15.8 Å². The lowest BCUT2D eigenvalue weighted by Gasteiger charge is -2.25. The van der Waals surface area contributed by atoms with Gasteiger partial charge in [-0.3, -0.25) is 20.4 Å². The van der Waals surface area contributed by atoms with Crippen LogP contribution in [0.25, 0.3) is 0 Å². The first-order chi connectivity index (χ1) is 14.3. The Labute approximate surface area is 184 Å². The molecule has 3 atom stereocenters. The van der Waals surface area contributed by atoms with Gasteiger partial charge in [0.05, 0.1) is 11.6 Å². The van der Waals surface area contributed by atoms with Crippen molar-refractivity contribution in [2.75, 3.05) is 11.4 Å². The van der Waals surface area contributed by atoms with E-state index in [1.807, 2.05) is 56.3 Å². The van der Waals surface area contributed by atoms with Gasteiger partial charge in [0.25, 0.3) is 5.91 Å².